The summed E-state index contributed by atoms with van der Waals surface area (Å²) in [6.07, 6.45) is -0.954. The highest BCUT2D eigenvalue weighted by atomic mass is 16.3. The molecule has 12 N–H and O–H groups in total. The van der Waals surface area contributed by atoms with Crippen molar-refractivity contribution in [1.82, 2.24) is 18.5 Å². The Bertz CT molecular complexity index is 33.5. The number of aliphatic hydroxyl groups is 3. The van der Waals surface area contributed by atoms with Crippen LogP contribution in [0.5, 0.6) is 0 Å². The van der Waals surface area contributed by atoms with E-state index in [1.807, 2.05) is 0 Å². The standard InChI is InChI=1S/C3H8O3.3H3N/c4-1-3(6)2-5;;;/h3-6H,1-2H2;3*1H3. The number of aliphatic hydroxyl groups excluding tert-OH is 3. The molecule has 0 unspecified atom stereocenters. The van der Waals surface area contributed by atoms with Gasteiger partial charge in [0.1, 0.15) is 6.10 Å². The monoisotopic (exact) mass is 143 g/mol. The Morgan fingerprint density at radius 1 is 0.889 bits per heavy atom. The third kappa shape index (κ3) is 18.2. The van der Waals surface area contributed by atoms with Crippen LogP contribution in [0, 0.1) is 0 Å². The maximum atomic E-state index is 8.17. The largest absolute Gasteiger partial charge is 0.394 e. The van der Waals surface area contributed by atoms with Crippen LogP contribution < -0.4 is 18.5 Å². The SMILES string of the molecule is N.N.N.OCC(O)CO. The van der Waals surface area contributed by atoms with Gasteiger partial charge in [-0.15, -0.1) is 0 Å². The predicted octanol–water partition coefficient (Wildman–Crippen LogP) is -1.18. The van der Waals surface area contributed by atoms with Crippen molar-refractivity contribution in [2.45, 2.75) is 6.10 Å². The minimum absolute atomic E-state index is 0. The fourth-order valence-electron chi connectivity index (χ4n) is 0.0577. The molecule has 0 spiro atoms. The van der Waals surface area contributed by atoms with Gasteiger partial charge in [0.15, 0.2) is 0 Å². The van der Waals surface area contributed by atoms with Crippen molar-refractivity contribution in [1.29, 1.82) is 0 Å². The van der Waals surface area contributed by atoms with Crippen LogP contribution in [0.2, 0.25) is 0 Å². The van der Waals surface area contributed by atoms with E-state index in [2.05, 4.69) is 0 Å². The van der Waals surface area contributed by atoms with Gasteiger partial charge in [-0.05, 0) is 0 Å². The van der Waals surface area contributed by atoms with Gasteiger partial charge in [0.25, 0.3) is 0 Å². The summed E-state index contributed by atoms with van der Waals surface area (Å²) in [5.41, 5.74) is 0. The molecular formula is C3H17N3O3. The molecule has 0 heterocycles. The first kappa shape index (κ1) is 23.3. The van der Waals surface area contributed by atoms with E-state index in [9.17, 15) is 0 Å². The fourth-order valence-corrected chi connectivity index (χ4v) is 0.0577. The minimum atomic E-state index is -0.954. The van der Waals surface area contributed by atoms with Gasteiger partial charge >= 0.3 is 0 Å². The highest BCUT2D eigenvalue weighted by molar-refractivity contribution is 4.43. The second-order valence-corrected chi connectivity index (χ2v) is 1.02. The lowest BCUT2D eigenvalue weighted by molar-refractivity contribution is 0.0450. The van der Waals surface area contributed by atoms with Crippen molar-refractivity contribution < 1.29 is 15.3 Å². The average molecular weight is 143 g/mol. The van der Waals surface area contributed by atoms with Gasteiger partial charge in [-0.1, -0.05) is 0 Å². The van der Waals surface area contributed by atoms with Crippen molar-refractivity contribution in [3.05, 3.63) is 0 Å². The van der Waals surface area contributed by atoms with E-state index in [1.165, 1.54) is 0 Å². The normalized spacial score (nSPS) is 6.67. The predicted molar refractivity (Wildman–Crippen MR) is 35.2 cm³/mol. The van der Waals surface area contributed by atoms with E-state index >= 15 is 0 Å². The number of rotatable bonds is 2. The van der Waals surface area contributed by atoms with Crippen molar-refractivity contribution in [3.8, 4) is 0 Å². The van der Waals surface area contributed by atoms with Crippen LogP contribution in [0.15, 0.2) is 0 Å². The molecule has 0 aliphatic rings. The number of hydrogen-bond donors (Lipinski definition) is 6. The molecule has 0 fully saturated rings. The Morgan fingerprint density at radius 3 is 1.11 bits per heavy atom. The van der Waals surface area contributed by atoms with Crippen LogP contribution in [0.3, 0.4) is 0 Å². The average Bonchev–Trinajstić information content (AvgIpc) is 1.65. The summed E-state index contributed by atoms with van der Waals surface area (Å²) < 4.78 is 0. The van der Waals surface area contributed by atoms with Crippen molar-refractivity contribution in [2.24, 2.45) is 0 Å². The Kier molecular flexibility index (Phi) is 40.5. The van der Waals surface area contributed by atoms with Crippen molar-refractivity contribution >= 4 is 0 Å². The molecule has 0 saturated heterocycles. The van der Waals surface area contributed by atoms with Gasteiger partial charge in [0.2, 0.25) is 0 Å². The molecule has 0 atom stereocenters. The third-order valence-corrected chi connectivity index (χ3v) is 0.421. The first-order chi connectivity index (χ1) is 2.81. The molecule has 62 valence electrons. The molecule has 6 nitrogen and oxygen atoms in total. The zero-order chi connectivity index (χ0) is 4.99. The van der Waals surface area contributed by atoms with Crippen LogP contribution in [0.4, 0.5) is 0 Å². The molecule has 0 aromatic heterocycles. The van der Waals surface area contributed by atoms with E-state index in [1.54, 1.807) is 0 Å². The van der Waals surface area contributed by atoms with Crippen LogP contribution in [-0.4, -0.2) is 34.6 Å². The molecule has 0 aliphatic carbocycles. The fraction of sp³-hybridized carbons (Fsp3) is 1.00. The molecule has 0 radical (unpaired) electrons. The van der Waals surface area contributed by atoms with E-state index in [0.29, 0.717) is 0 Å². The molecular weight excluding hydrogens is 126 g/mol. The quantitative estimate of drug-likeness (QED) is 0.284. The van der Waals surface area contributed by atoms with Gasteiger partial charge in [-0.3, -0.25) is 0 Å². The highest BCUT2D eigenvalue weighted by Crippen LogP contribution is 1.71. The van der Waals surface area contributed by atoms with E-state index < -0.39 is 6.10 Å². The molecule has 0 rings (SSSR count). The zero-order valence-corrected chi connectivity index (χ0v) is 5.45. The molecule has 0 bridgehead atoms. The summed E-state index contributed by atoms with van der Waals surface area (Å²) in [6.45, 7) is -0.729. The Balaban J connectivity index is -0.0000000417. The van der Waals surface area contributed by atoms with Crippen LogP contribution in [0.25, 0.3) is 0 Å². The molecule has 0 saturated carbocycles. The second kappa shape index (κ2) is 15.7. The Hall–Kier alpha value is -0.240. The van der Waals surface area contributed by atoms with E-state index in [0.717, 1.165) is 0 Å². The van der Waals surface area contributed by atoms with E-state index in [-0.39, 0.29) is 31.7 Å². The van der Waals surface area contributed by atoms with E-state index in [4.69, 9.17) is 15.3 Å². The summed E-state index contributed by atoms with van der Waals surface area (Å²) in [7, 11) is 0. The van der Waals surface area contributed by atoms with Gasteiger partial charge in [-0.2, -0.15) is 0 Å². The van der Waals surface area contributed by atoms with Crippen molar-refractivity contribution in [3.63, 3.8) is 0 Å². The first-order valence-electron chi connectivity index (χ1n) is 1.71. The maximum absolute atomic E-state index is 8.17. The Morgan fingerprint density at radius 2 is 1.11 bits per heavy atom. The van der Waals surface area contributed by atoms with Crippen LogP contribution in [0.1, 0.15) is 0 Å². The summed E-state index contributed by atoms with van der Waals surface area (Å²) >= 11 is 0. The molecule has 0 aliphatic heterocycles. The summed E-state index contributed by atoms with van der Waals surface area (Å²) in [5, 5.41) is 24.0. The minimum Gasteiger partial charge on any atom is -0.394 e. The van der Waals surface area contributed by atoms with Crippen LogP contribution in [-0.2, 0) is 0 Å². The number of hydrogen-bond acceptors (Lipinski definition) is 6. The molecule has 6 heteroatoms. The zero-order valence-electron chi connectivity index (χ0n) is 5.45. The summed E-state index contributed by atoms with van der Waals surface area (Å²) in [4.78, 5) is 0. The molecule has 0 aromatic carbocycles. The highest BCUT2D eigenvalue weighted by Gasteiger charge is 1.93. The summed E-state index contributed by atoms with van der Waals surface area (Å²) in [6, 6.07) is 0. The van der Waals surface area contributed by atoms with Crippen LogP contribution >= 0.6 is 0 Å². The van der Waals surface area contributed by atoms with Crippen molar-refractivity contribution in [2.75, 3.05) is 13.2 Å². The smallest absolute Gasteiger partial charge is 0.100 e. The second-order valence-electron chi connectivity index (χ2n) is 1.02. The Labute approximate surface area is 54.3 Å². The molecule has 9 heavy (non-hydrogen) atoms. The van der Waals surface area contributed by atoms with Gasteiger partial charge in [-0.25, -0.2) is 0 Å². The van der Waals surface area contributed by atoms with Gasteiger partial charge in [0.05, 0.1) is 13.2 Å². The first-order valence-corrected chi connectivity index (χ1v) is 1.71. The van der Waals surface area contributed by atoms with Gasteiger partial charge < -0.3 is 33.8 Å². The maximum Gasteiger partial charge on any atom is 0.100 e. The third-order valence-electron chi connectivity index (χ3n) is 0.421. The lowest BCUT2D eigenvalue weighted by Crippen LogP contribution is -2.15. The summed E-state index contributed by atoms with van der Waals surface area (Å²) in [5.74, 6) is 0. The molecule has 0 amide bonds. The lowest BCUT2D eigenvalue weighted by atomic mass is 10.4. The topological polar surface area (TPSA) is 166 Å². The lowest BCUT2D eigenvalue weighted by Gasteiger charge is -1.96. The molecule has 0 aromatic rings. The van der Waals surface area contributed by atoms with Gasteiger partial charge in [0, 0.05) is 0 Å².